The number of esters is 3. The van der Waals surface area contributed by atoms with Gasteiger partial charge >= 0.3 is 23.9 Å². The second-order valence-corrected chi connectivity index (χ2v) is 11.8. The van der Waals surface area contributed by atoms with Gasteiger partial charge in [0.25, 0.3) is 17.1 Å². The van der Waals surface area contributed by atoms with Gasteiger partial charge < -0.3 is 47.9 Å². The monoisotopic (exact) mass is 917 g/mol. The van der Waals surface area contributed by atoms with E-state index < -0.39 is 32.7 Å². The van der Waals surface area contributed by atoms with Crippen molar-refractivity contribution >= 4 is 77.2 Å². The molecule has 26 heteroatoms. The summed E-state index contributed by atoms with van der Waals surface area (Å²) in [6, 6.07) is 6.58. The highest BCUT2D eigenvalue weighted by Gasteiger charge is 2.21. The molecule has 0 spiro atoms. The number of rotatable bonds is 10. The molecular formula is C36H49Cl2N9O15. The molecule has 5 aromatic rings. The number of aromatic carboxylic acids is 1. The summed E-state index contributed by atoms with van der Waals surface area (Å²) in [7, 11) is 11.8. The van der Waals surface area contributed by atoms with Gasteiger partial charge in [0, 0.05) is 72.3 Å². The molecule has 5 aromatic heterocycles. The summed E-state index contributed by atoms with van der Waals surface area (Å²) in [5, 5.41) is 39.8. The van der Waals surface area contributed by atoms with Crippen LogP contribution >= 0.6 is 24.8 Å². The fraction of sp³-hybridized carbons (Fsp3) is 0.306. The lowest BCUT2D eigenvalue weighted by atomic mass is 10.1. The highest BCUT2D eigenvalue weighted by Crippen LogP contribution is 2.19. The van der Waals surface area contributed by atoms with E-state index in [1.165, 1.54) is 66.6 Å². The van der Waals surface area contributed by atoms with Crippen LogP contribution in [0.4, 0.5) is 22.7 Å². The molecule has 0 aliphatic heterocycles. The number of halogens is 2. The van der Waals surface area contributed by atoms with Crippen LogP contribution < -0.4 is 5.73 Å². The lowest BCUT2D eigenvalue weighted by molar-refractivity contribution is -0.385. The summed E-state index contributed by atoms with van der Waals surface area (Å²) in [4.78, 5) is 85.7. The first-order valence-corrected chi connectivity index (χ1v) is 16.1. The zero-order valence-electron chi connectivity index (χ0n) is 33.1. The van der Waals surface area contributed by atoms with Crippen LogP contribution in [0.1, 0.15) is 72.9 Å². The van der Waals surface area contributed by atoms with Gasteiger partial charge in [-0.25, -0.2) is 19.2 Å². The van der Waals surface area contributed by atoms with E-state index in [0.717, 1.165) is 12.3 Å². The zero-order chi connectivity index (χ0) is 44.2. The number of carbonyl (C=O) groups excluding carboxylic acids is 4. The lowest BCUT2D eigenvalue weighted by Gasteiger charge is -2.00. The number of ketones is 1. The van der Waals surface area contributed by atoms with Crippen molar-refractivity contribution in [2.24, 2.45) is 35.2 Å². The Balaban J connectivity index is -0.000000765. The predicted octanol–water partition coefficient (Wildman–Crippen LogP) is 5.34. The number of Topliss-reactive ketones (excluding diaryl/α,β-unsaturated/α-hetero) is 1. The van der Waals surface area contributed by atoms with E-state index in [-0.39, 0.29) is 92.0 Å². The number of nitrogens with two attached hydrogens (primary N) is 1. The Labute approximate surface area is 366 Å². The molecule has 5 rings (SSSR count). The van der Waals surface area contributed by atoms with E-state index in [9.17, 15) is 54.3 Å². The number of hydrogen-bond acceptors (Lipinski definition) is 15. The number of nitrogens with zero attached hydrogens (tertiary/aromatic N) is 8. The maximum absolute atomic E-state index is 12.3. The molecule has 0 aromatic carbocycles. The average Bonchev–Trinajstić information content (AvgIpc) is 3.99. The van der Waals surface area contributed by atoms with Gasteiger partial charge in [-0.15, -0.1) is 24.8 Å². The van der Waals surface area contributed by atoms with Crippen molar-refractivity contribution < 1.29 is 58.1 Å². The highest BCUT2D eigenvalue weighted by atomic mass is 35.5. The molecule has 342 valence electrons. The minimum absolute atomic E-state index is 0. The van der Waals surface area contributed by atoms with Crippen molar-refractivity contribution in [3.8, 4) is 0 Å². The zero-order valence-corrected chi connectivity index (χ0v) is 34.7. The molecule has 0 unspecified atom stereocenters. The van der Waals surface area contributed by atoms with Crippen LogP contribution in [-0.2, 0) is 55.9 Å². The highest BCUT2D eigenvalue weighted by molar-refractivity contribution is 5.97. The number of methoxy groups -OCH3 is 3. The number of hydrogen-bond donors (Lipinski definition) is 2. The third kappa shape index (κ3) is 15.6. The van der Waals surface area contributed by atoms with Gasteiger partial charge in [-0.05, 0) is 17.7 Å². The van der Waals surface area contributed by atoms with Gasteiger partial charge in [0.2, 0.25) is 0 Å². The molecule has 3 N–H and O–H groups in total. The summed E-state index contributed by atoms with van der Waals surface area (Å²) in [5.74, 6) is -2.89. The minimum atomic E-state index is -1.18. The summed E-state index contributed by atoms with van der Waals surface area (Å²) in [6.07, 6.45) is 7.06. The number of nitro groups is 3. The summed E-state index contributed by atoms with van der Waals surface area (Å²) < 4.78 is 20.8. The maximum atomic E-state index is 12.3. The first-order chi connectivity index (χ1) is 27.1. The number of carboxylic acid groups (broad SMARTS) is 1. The smallest absolute Gasteiger partial charge is 0.354 e. The van der Waals surface area contributed by atoms with Crippen LogP contribution in [-0.4, -0.2) is 93.7 Å². The van der Waals surface area contributed by atoms with Gasteiger partial charge in [0.15, 0.2) is 5.78 Å². The van der Waals surface area contributed by atoms with Crippen LogP contribution in [0.15, 0.2) is 61.3 Å². The van der Waals surface area contributed by atoms with Crippen molar-refractivity contribution in [2.45, 2.75) is 21.3 Å². The second kappa shape index (κ2) is 25.9. The van der Waals surface area contributed by atoms with Gasteiger partial charge in [0.1, 0.15) is 22.8 Å². The lowest BCUT2D eigenvalue weighted by Crippen LogP contribution is -2.07. The maximum Gasteiger partial charge on any atom is 0.354 e. The number of carbonyl (C=O) groups is 5. The molecule has 62 heavy (non-hydrogen) atoms. The molecule has 24 nitrogen and oxygen atoms in total. The van der Waals surface area contributed by atoms with E-state index in [1.807, 2.05) is 0 Å². The van der Waals surface area contributed by atoms with E-state index >= 15 is 0 Å². The van der Waals surface area contributed by atoms with Crippen molar-refractivity contribution in [1.82, 2.24) is 22.8 Å². The molecule has 0 fully saturated rings. The molecule has 0 saturated heterocycles. The van der Waals surface area contributed by atoms with E-state index in [1.54, 1.807) is 61.9 Å². The first kappa shape index (κ1) is 58.8. The number of carboxylic acids is 1. The molecule has 0 aliphatic carbocycles. The number of aromatic nitrogens is 5. The third-order valence-electron chi connectivity index (χ3n) is 7.74. The summed E-state index contributed by atoms with van der Waals surface area (Å²) >= 11 is 0. The molecule has 0 bridgehead atoms. The Hall–Kier alpha value is -7.47. The Morgan fingerprint density at radius 3 is 1.18 bits per heavy atom. The van der Waals surface area contributed by atoms with E-state index in [4.69, 9.17) is 10.8 Å². The fourth-order valence-corrected chi connectivity index (χ4v) is 4.95. The van der Waals surface area contributed by atoms with Gasteiger partial charge in [0.05, 0.1) is 66.1 Å². The average molecular weight is 919 g/mol. The Morgan fingerprint density at radius 2 is 0.855 bits per heavy atom. The topological polar surface area (TPSA) is 313 Å². The molecule has 0 saturated carbocycles. The van der Waals surface area contributed by atoms with Crippen LogP contribution in [0.3, 0.4) is 0 Å². The number of aryl methyl sites for hydroxylation is 5. The van der Waals surface area contributed by atoms with Crippen molar-refractivity contribution in [2.75, 3.05) is 27.1 Å². The predicted molar refractivity (Wildman–Crippen MR) is 228 cm³/mol. The third-order valence-corrected chi connectivity index (χ3v) is 7.74. The molecule has 0 radical (unpaired) electrons. The molecule has 0 atom stereocenters. The quantitative estimate of drug-likeness (QED) is 0.0587. The molecule has 0 aliphatic rings. The van der Waals surface area contributed by atoms with Crippen molar-refractivity contribution in [3.05, 3.63) is 126 Å². The van der Waals surface area contributed by atoms with Crippen LogP contribution in [0.2, 0.25) is 0 Å². The Morgan fingerprint density at radius 1 is 0.548 bits per heavy atom. The van der Waals surface area contributed by atoms with E-state index in [0.29, 0.717) is 22.6 Å². The summed E-state index contributed by atoms with van der Waals surface area (Å²) in [6.45, 7) is 0. The SMILES string of the molecule is C.C.COC(=O)c1cc(CC(=O)c2cc([N+](=O)[O-])cn2C)cn1C.COC(=O)c1cc(N)cn1C.COC(=O)c1cc([N+](=O)[O-])cn1C.Cl.Cl.Cn1cc([N+](=O)[O-])cc1C(=O)O. The van der Waals surface area contributed by atoms with E-state index in [2.05, 4.69) is 14.2 Å². The van der Waals surface area contributed by atoms with Crippen LogP contribution in [0.25, 0.3) is 0 Å². The number of anilines is 1. The van der Waals surface area contributed by atoms with Gasteiger partial charge in [-0.1, -0.05) is 14.9 Å². The number of ether oxygens (including phenoxy) is 3. The second-order valence-electron chi connectivity index (χ2n) is 11.8. The van der Waals surface area contributed by atoms with Crippen molar-refractivity contribution in [1.29, 1.82) is 0 Å². The molecular weight excluding hydrogens is 869 g/mol. The van der Waals surface area contributed by atoms with Gasteiger partial charge in [-0.3, -0.25) is 35.1 Å². The van der Waals surface area contributed by atoms with Crippen LogP contribution in [0, 0.1) is 30.3 Å². The van der Waals surface area contributed by atoms with Crippen LogP contribution in [0.5, 0.6) is 0 Å². The Bertz CT molecular complexity index is 2370. The normalized spacial score (nSPS) is 9.35. The Kier molecular flexibility index (Phi) is 24.6. The molecule has 5 heterocycles. The largest absolute Gasteiger partial charge is 0.477 e. The summed E-state index contributed by atoms with van der Waals surface area (Å²) in [5.41, 5.74) is 7.29. The van der Waals surface area contributed by atoms with Gasteiger partial charge in [-0.2, -0.15) is 0 Å². The molecule has 0 amide bonds. The number of nitrogen functional groups attached to an aromatic ring is 1. The minimum Gasteiger partial charge on any atom is -0.477 e. The fourth-order valence-electron chi connectivity index (χ4n) is 4.95. The van der Waals surface area contributed by atoms with Crippen molar-refractivity contribution in [3.63, 3.8) is 0 Å². The first-order valence-electron chi connectivity index (χ1n) is 16.1. The standard InChI is InChI=1S/C14H15N3O5.C7H8N2O4.C7H10N2O2.C6H6N2O4.2CH4.2ClH/c1-15-7-9(4-12(15)14(19)22-3)5-13(18)11-6-10(17(20)21)8-16(11)2;1-8-4-5(9(11)12)3-6(8)7(10)13-2;1-9-4-5(8)3-6(9)7(10)11-2;1-7-3-4(8(11)12)2-5(7)6(9)10;;;;/h4,6-8H,5H2,1-3H3;3-4H,1-2H3;3-4H,8H2,1-2H3;2-3H,1H3,(H,9,10);2*1H4;2*1H.